The topological polar surface area (TPSA) is 67.3 Å². The molecular weight excluding hydrogens is 328 g/mol. The van der Waals surface area contributed by atoms with Crippen LogP contribution in [-0.4, -0.2) is 29.2 Å². The van der Waals surface area contributed by atoms with Crippen LogP contribution in [0.5, 0.6) is 0 Å². The molecule has 0 bridgehead atoms. The Bertz CT molecular complexity index is 931. The minimum atomic E-state index is -0.325. The zero-order chi connectivity index (χ0) is 16.5. The fourth-order valence-electron chi connectivity index (χ4n) is 2.57. The maximum absolute atomic E-state index is 11.7. The first kappa shape index (κ1) is 14.7. The molecule has 24 heavy (non-hydrogen) atoms. The van der Waals surface area contributed by atoms with Gasteiger partial charge in [-0.25, -0.2) is 9.78 Å². The van der Waals surface area contributed by atoms with Gasteiger partial charge in [0.2, 0.25) is 0 Å². The predicted molar refractivity (Wildman–Crippen MR) is 93.0 cm³/mol. The zero-order valence-electron chi connectivity index (χ0n) is 12.6. The van der Waals surface area contributed by atoms with E-state index in [0.29, 0.717) is 24.0 Å². The monoisotopic (exact) mass is 340 g/mol. The number of fused-ring (bicyclic) bond motifs is 1. The van der Waals surface area contributed by atoms with Gasteiger partial charge in [0.25, 0.3) is 0 Å². The number of amides is 1. The highest BCUT2D eigenvalue weighted by molar-refractivity contribution is 6.31. The molecule has 120 valence electrons. The van der Waals surface area contributed by atoms with Gasteiger partial charge in [0, 0.05) is 16.4 Å². The van der Waals surface area contributed by atoms with Crippen LogP contribution in [-0.2, 0) is 4.74 Å². The van der Waals surface area contributed by atoms with E-state index >= 15 is 0 Å². The van der Waals surface area contributed by atoms with E-state index in [1.54, 1.807) is 23.2 Å². The minimum absolute atomic E-state index is 0.325. The van der Waals surface area contributed by atoms with Crippen LogP contribution in [0.25, 0.3) is 11.0 Å². The lowest BCUT2D eigenvalue weighted by molar-refractivity contribution is 0.181. The molecule has 7 heteroatoms. The summed E-state index contributed by atoms with van der Waals surface area (Å²) in [4.78, 5) is 22.1. The van der Waals surface area contributed by atoms with Gasteiger partial charge in [0.05, 0.1) is 23.8 Å². The second-order valence-corrected chi connectivity index (χ2v) is 5.77. The highest BCUT2D eigenvalue weighted by Gasteiger charge is 2.23. The van der Waals surface area contributed by atoms with Crippen LogP contribution in [0.2, 0.25) is 5.02 Å². The Labute approximate surface area is 143 Å². The Kier molecular flexibility index (Phi) is 3.66. The minimum Gasteiger partial charge on any atom is -0.447 e. The molecule has 0 spiro atoms. The lowest BCUT2D eigenvalue weighted by atomic mass is 10.2. The Morgan fingerprint density at radius 2 is 2.08 bits per heavy atom. The van der Waals surface area contributed by atoms with Crippen molar-refractivity contribution in [3.63, 3.8) is 0 Å². The standard InChI is InChI=1S/C17H13ClN4O2/c18-11-4-5-14-15(8-11)19-10-16(21-14)20-12-2-1-3-13(9-12)22-6-7-24-17(22)23/h1-5,8-10H,6-7H2,(H,20,21). The van der Waals surface area contributed by atoms with Gasteiger partial charge in [-0.1, -0.05) is 17.7 Å². The Morgan fingerprint density at radius 1 is 1.17 bits per heavy atom. The van der Waals surface area contributed by atoms with E-state index < -0.39 is 0 Å². The first-order valence-corrected chi connectivity index (χ1v) is 7.80. The maximum Gasteiger partial charge on any atom is 0.414 e. The quantitative estimate of drug-likeness (QED) is 0.781. The molecule has 0 aliphatic carbocycles. The average molecular weight is 341 g/mol. The number of carbonyl (C=O) groups excluding carboxylic acids is 1. The maximum atomic E-state index is 11.7. The predicted octanol–water partition coefficient (Wildman–Crippen LogP) is 3.98. The van der Waals surface area contributed by atoms with Crippen molar-refractivity contribution in [3.05, 3.63) is 53.7 Å². The molecule has 3 aromatic rings. The largest absolute Gasteiger partial charge is 0.447 e. The van der Waals surface area contributed by atoms with Crippen LogP contribution in [0.4, 0.5) is 22.0 Å². The number of nitrogens with zero attached hydrogens (tertiary/aromatic N) is 3. The van der Waals surface area contributed by atoms with Crippen LogP contribution in [0.15, 0.2) is 48.7 Å². The fraction of sp³-hybridized carbons (Fsp3) is 0.118. The van der Waals surface area contributed by atoms with E-state index in [9.17, 15) is 4.79 Å². The summed E-state index contributed by atoms with van der Waals surface area (Å²) in [6, 6.07) is 12.9. The van der Waals surface area contributed by atoms with Gasteiger partial charge >= 0.3 is 6.09 Å². The first-order chi connectivity index (χ1) is 11.7. The van der Waals surface area contributed by atoms with Crippen LogP contribution in [0.1, 0.15) is 0 Å². The fourth-order valence-corrected chi connectivity index (χ4v) is 2.74. The van der Waals surface area contributed by atoms with Gasteiger partial charge in [-0.15, -0.1) is 0 Å². The molecule has 4 rings (SSSR count). The van der Waals surface area contributed by atoms with Gasteiger partial charge in [0.1, 0.15) is 12.4 Å². The highest BCUT2D eigenvalue weighted by Crippen LogP contribution is 2.25. The van der Waals surface area contributed by atoms with Gasteiger partial charge in [-0.3, -0.25) is 9.88 Å². The molecule has 1 amide bonds. The second kappa shape index (κ2) is 5.98. The number of halogens is 1. The molecule has 0 unspecified atom stereocenters. The normalized spacial score (nSPS) is 14.0. The lowest BCUT2D eigenvalue weighted by Gasteiger charge is -2.14. The second-order valence-electron chi connectivity index (χ2n) is 5.33. The third-order valence-electron chi connectivity index (χ3n) is 3.70. The van der Waals surface area contributed by atoms with Crippen molar-refractivity contribution in [1.29, 1.82) is 0 Å². The number of hydrogen-bond donors (Lipinski definition) is 1. The van der Waals surface area contributed by atoms with Crippen molar-refractivity contribution in [2.75, 3.05) is 23.4 Å². The SMILES string of the molecule is O=C1OCCN1c1cccc(Nc2cnc3cc(Cl)ccc3n2)c1. The van der Waals surface area contributed by atoms with Crippen LogP contribution >= 0.6 is 11.6 Å². The molecule has 1 N–H and O–H groups in total. The van der Waals surface area contributed by atoms with Crippen molar-refractivity contribution < 1.29 is 9.53 Å². The van der Waals surface area contributed by atoms with Gasteiger partial charge in [-0.2, -0.15) is 0 Å². The third-order valence-corrected chi connectivity index (χ3v) is 3.93. The van der Waals surface area contributed by atoms with Crippen molar-refractivity contribution in [3.8, 4) is 0 Å². The van der Waals surface area contributed by atoms with Gasteiger partial charge < -0.3 is 10.1 Å². The van der Waals surface area contributed by atoms with Crippen LogP contribution < -0.4 is 10.2 Å². The van der Waals surface area contributed by atoms with E-state index in [0.717, 1.165) is 22.4 Å². The zero-order valence-corrected chi connectivity index (χ0v) is 13.3. The molecule has 1 aliphatic heterocycles. The summed E-state index contributed by atoms with van der Waals surface area (Å²) in [7, 11) is 0. The summed E-state index contributed by atoms with van der Waals surface area (Å²) < 4.78 is 4.97. The molecule has 0 saturated carbocycles. The number of hydrogen-bond acceptors (Lipinski definition) is 5. The summed E-state index contributed by atoms with van der Waals surface area (Å²) >= 11 is 5.95. The number of rotatable bonds is 3. The smallest absolute Gasteiger partial charge is 0.414 e. The number of nitrogens with one attached hydrogen (secondary N) is 1. The van der Waals surface area contributed by atoms with E-state index in [1.807, 2.05) is 30.3 Å². The number of anilines is 3. The van der Waals surface area contributed by atoms with E-state index in [1.165, 1.54) is 0 Å². The Hall–Kier alpha value is -2.86. The lowest BCUT2D eigenvalue weighted by Crippen LogP contribution is -2.23. The van der Waals surface area contributed by atoms with E-state index in [4.69, 9.17) is 16.3 Å². The molecule has 1 aliphatic rings. The summed E-state index contributed by atoms with van der Waals surface area (Å²) in [5, 5.41) is 3.83. The molecule has 0 radical (unpaired) electrons. The molecule has 1 fully saturated rings. The summed E-state index contributed by atoms with van der Waals surface area (Å²) in [6.07, 6.45) is 1.32. The number of ether oxygens (including phenoxy) is 1. The summed E-state index contributed by atoms with van der Waals surface area (Å²) in [5.41, 5.74) is 3.09. The molecular formula is C17H13ClN4O2. The molecule has 0 atom stereocenters. The number of cyclic esters (lactones) is 1. The molecule has 1 aromatic heterocycles. The average Bonchev–Trinajstić information content (AvgIpc) is 3.01. The van der Waals surface area contributed by atoms with E-state index in [-0.39, 0.29) is 6.09 Å². The van der Waals surface area contributed by atoms with Crippen molar-refractivity contribution >= 4 is 45.9 Å². The molecule has 2 heterocycles. The van der Waals surface area contributed by atoms with Gasteiger partial charge in [0.15, 0.2) is 0 Å². The first-order valence-electron chi connectivity index (χ1n) is 7.43. The van der Waals surface area contributed by atoms with Crippen molar-refractivity contribution in [1.82, 2.24) is 9.97 Å². The Balaban J connectivity index is 1.61. The van der Waals surface area contributed by atoms with Gasteiger partial charge in [-0.05, 0) is 36.4 Å². The number of benzene rings is 2. The van der Waals surface area contributed by atoms with Crippen LogP contribution in [0.3, 0.4) is 0 Å². The Morgan fingerprint density at radius 3 is 2.92 bits per heavy atom. The summed E-state index contributed by atoms with van der Waals surface area (Å²) in [6.45, 7) is 0.966. The molecule has 6 nitrogen and oxygen atoms in total. The van der Waals surface area contributed by atoms with Crippen molar-refractivity contribution in [2.45, 2.75) is 0 Å². The number of aromatic nitrogens is 2. The highest BCUT2D eigenvalue weighted by atomic mass is 35.5. The summed E-state index contributed by atoms with van der Waals surface area (Å²) in [5.74, 6) is 0.617. The van der Waals surface area contributed by atoms with Crippen molar-refractivity contribution in [2.24, 2.45) is 0 Å². The number of carbonyl (C=O) groups is 1. The van der Waals surface area contributed by atoms with Crippen LogP contribution in [0, 0.1) is 0 Å². The third kappa shape index (κ3) is 2.83. The van der Waals surface area contributed by atoms with E-state index in [2.05, 4.69) is 15.3 Å². The molecule has 2 aromatic carbocycles. The molecule has 1 saturated heterocycles.